The molecule has 2 heterocycles. The Morgan fingerprint density at radius 1 is 1.45 bits per heavy atom. The summed E-state index contributed by atoms with van der Waals surface area (Å²) in [5.41, 5.74) is 2.26. The van der Waals surface area contributed by atoms with Gasteiger partial charge in [0.1, 0.15) is 5.82 Å². The van der Waals surface area contributed by atoms with E-state index in [0.29, 0.717) is 6.54 Å². The minimum absolute atomic E-state index is 0.0592. The van der Waals surface area contributed by atoms with Crippen molar-refractivity contribution >= 4 is 11.7 Å². The summed E-state index contributed by atoms with van der Waals surface area (Å²) in [6, 6.07) is 8.05. The minimum atomic E-state index is -0.747. The van der Waals surface area contributed by atoms with Crippen molar-refractivity contribution in [3.8, 4) is 0 Å². The van der Waals surface area contributed by atoms with Crippen molar-refractivity contribution in [1.82, 2.24) is 9.55 Å². The molecular formula is C15H17N3O2. The molecule has 0 radical (unpaired) electrons. The average molecular weight is 271 g/mol. The third-order valence-electron chi connectivity index (χ3n) is 3.83. The van der Waals surface area contributed by atoms with Crippen molar-refractivity contribution in [1.29, 1.82) is 0 Å². The molecule has 2 aromatic rings. The molecule has 0 saturated heterocycles. The van der Waals surface area contributed by atoms with Crippen LogP contribution in [0.5, 0.6) is 0 Å². The van der Waals surface area contributed by atoms with Crippen LogP contribution < -0.4 is 4.90 Å². The normalized spacial score (nSPS) is 17.2. The summed E-state index contributed by atoms with van der Waals surface area (Å²) < 4.78 is 1.99. The van der Waals surface area contributed by atoms with Crippen LogP contribution in [0, 0.1) is 0 Å². The van der Waals surface area contributed by atoms with Gasteiger partial charge in [-0.1, -0.05) is 18.2 Å². The number of carbonyl (C=O) groups is 1. The van der Waals surface area contributed by atoms with Gasteiger partial charge in [-0.3, -0.25) is 4.79 Å². The second kappa shape index (κ2) is 5.00. The van der Waals surface area contributed by atoms with E-state index in [4.69, 9.17) is 5.11 Å². The molecule has 0 amide bonds. The van der Waals surface area contributed by atoms with E-state index >= 15 is 0 Å². The second-order valence-electron chi connectivity index (χ2n) is 5.19. The van der Waals surface area contributed by atoms with E-state index in [-0.39, 0.29) is 12.3 Å². The predicted octanol–water partition coefficient (Wildman–Crippen LogP) is 2.00. The lowest BCUT2D eigenvalue weighted by atomic mass is 9.98. The largest absolute Gasteiger partial charge is 0.481 e. The predicted molar refractivity (Wildman–Crippen MR) is 75.7 cm³/mol. The average Bonchev–Trinajstić information content (AvgIpc) is 2.96. The number of carboxylic acid groups (broad SMARTS) is 1. The van der Waals surface area contributed by atoms with Crippen LogP contribution in [0.25, 0.3) is 0 Å². The maximum atomic E-state index is 11.0. The van der Waals surface area contributed by atoms with Gasteiger partial charge in [0.2, 0.25) is 0 Å². The van der Waals surface area contributed by atoms with Crippen molar-refractivity contribution in [2.45, 2.75) is 18.9 Å². The molecule has 5 heteroatoms. The molecule has 0 bridgehead atoms. The number of carboxylic acids is 1. The van der Waals surface area contributed by atoms with E-state index in [9.17, 15) is 4.79 Å². The molecule has 1 N–H and O–H groups in total. The molecular weight excluding hydrogens is 254 g/mol. The second-order valence-corrected chi connectivity index (χ2v) is 5.19. The first-order valence-corrected chi connectivity index (χ1v) is 6.67. The lowest BCUT2D eigenvalue weighted by Crippen LogP contribution is -2.23. The first-order chi connectivity index (χ1) is 9.65. The first-order valence-electron chi connectivity index (χ1n) is 6.67. The Morgan fingerprint density at radius 2 is 2.25 bits per heavy atom. The fraction of sp³-hybridized carbons (Fsp3) is 0.333. The number of hydrogen-bond acceptors (Lipinski definition) is 3. The van der Waals surface area contributed by atoms with Gasteiger partial charge in [-0.25, -0.2) is 4.98 Å². The van der Waals surface area contributed by atoms with Crippen LogP contribution in [0.1, 0.15) is 23.7 Å². The molecule has 0 saturated carbocycles. The summed E-state index contributed by atoms with van der Waals surface area (Å²) in [6.45, 7) is 1.44. The molecule has 0 aliphatic carbocycles. The van der Waals surface area contributed by atoms with E-state index in [1.54, 1.807) is 6.20 Å². The third-order valence-corrected chi connectivity index (χ3v) is 3.83. The zero-order valence-corrected chi connectivity index (χ0v) is 11.4. The first kappa shape index (κ1) is 12.7. The van der Waals surface area contributed by atoms with Crippen LogP contribution in [-0.2, 0) is 18.4 Å². The molecule has 1 unspecified atom stereocenters. The smallest absolute Gasteiger partial charge is 0.304 e. The van der Waals surface area contributed by atoms with Crippen LogP contribution in [0.15, 0.2) is 36.7 Å². The van der Waals surface area contributed by atoms with Crippen molar-refractivity contribution in [2.75, 3.05) is 11.4 Å². The topological polar surface area (TPSA) is 58.4 Å². The van der Waals surface area contributed by atoms with Crippen molar-refractivity contribution in [2.24, 2.45) is 7.05 Å². The van der Waals surface area contributed by atoms with Crippen molar-refractivity contribution < 1.29 is 9.90 Å². The van der Waals surface area contributed by atoms with Crippen LogP contribution in [-0.4, -0.2) is 27.2 Å². The van der Waals surface area contributed by atoms with Gasteiger partial charge >= 0.3 is 5.97 Å². The monoisotopic (exact) mass is 271 g/mol. The Morgan fingerprint density at radius 3 is 2.95 bits per heavy atom. The summed E-state index contributed by atoms with van der Waals surface area (Å²) in [6.07, 6.45) is 3.88. The van der Waals surface area contributed by atoms with Gasteiger partial charge < -0.3 is 14.6 Å². The minimum Gasteiger partial charge on any atom is -0.481 e. The van der Waals surface area contributed by atoms with Gasteiger partial charge in [0.25, 0.3) is 0 Å². The standard InChI is InChI=1S/C15H17N3O2/c1-17-7-6-16-14(17)10-18-9-11(8-15(19)20)12-4-2-3-5-13(12)18/h2-7,11H,8-10H2,1H3,(H,19,20). The number of anilines is 1. The highest BCUT2D eigenvalue weighted by atomic mass is 16.4. The number of nitrogens with zero attached hydrogens (tertiary/aromatic N) is 3. The molecule has 1 aromatic carbocycles. The molecule has 5 nitrogen and oxygen atoms in total. The van der Waals surface area contributed by atoms with Gasteiger partial charge in [0, 0.05) is 37.6 Å². The van der Waals surface area contributed by atoms with Crippen LogP contribution >= 0.6 is 0 Å². The Balaban J connectivity index is 1.87. The van der Waals surface area contributed by atoms with Crippen LogP contribution in [0.4, 0.5) is 5.69 Å². The Bertz CT molecular complexity index is 636. The summed E-state index contributed by atoms with van der Waals surface area (Å²) in [7, 11) is 1.97. The molecule has 0 fully saturated rings. The number of hydrogen-bond donors (Lipinski definition) is 1. The summed E-state index contributed by atoms with van der Waals surface area (Å²) in [4.78, 5) is 17.6. The van der Waals surface area contributed by atoms with Gasteiger partial charge in [-0.15, -0.1) is 0 Å². The number of rotatable bonds is 4. The Labute approximate surface area is 117 Å². The highest BCUT2D eigenvalue weighted by molar-refractivity contribution is 5.71. The SMILES string of the molecule is Cn1ccnc1CN1CC(CC(=O)O)c2ccccc21. The zero-order chi connectivity index (χ0) is 14.1. The summed E-state index contributed by atoms with van der Waals surface area (Å²) >= 11 is 0. The van der Waals surface area contributed by atoms with Crippen LogP contribution in [0.3, 0.4) is 0 Å². The Kier molecular flexibility index (Phi) is 3.18. The maximum Gasteiger partial charge on any atom is 0.304 e. The van der Waals surface area contributed by atoms with Gasteiger partial charge in [0.15, 0.2) is 0 Å². The quantitative estimate of drug-likeness (QED) is 0.924. The number of imidazole rings is 1. The maximum absolute atomic E-state index is 11.0. The van der Waals surface area contributed by atoms with E-state index in [1.807, 2.05) is 36.0 Å². The number of benzene rings is 1. The highest BCUT2D eigenvalue weighted by Crippen LogP contribution is 2.38. The number of para-hydroxylation sites is 1. The van der Waals surface area contributed by atoms with E-state index in [2.05, 4.69) is 16.0 Å². The Hall–Kier alpha value is -2.30. The molecule has 1 aliphatic heterocycles. The molecule has 1 aliphatic rings. The number of aryl methyl sites for hydroxylation is 1. The lowest BCUT2D eigenvalue weighted by Gasteiger charge is -2.19. The van der Waals surface area contributed by atoms with Crippen molar-refractivity contribution in [3.63, 3.8) is 0 Å². The van der Waals surface area contributed by atoms with E-state index in [1.165, 1.54) is 0 Å². The van der Waals surface area contributed by atoms with Gasteiger partial charge in [-0.05, 0) is 11.6 Å². The lowest BCUT2D eigenvalue weighted by molar-refractivity contribution is -0.137. The number of aromatic nitrogens is 2. The summed E-state index contributed by atoms with van der Waals surface area (Å²) in [5, 5.41) is 9.05. The van der Waals surface area contributed by atoms with Gasteiger partial charge in [-0.2, -0.15) is 0 Å². The highest BCUT2D eigenvalue weighted by Gasteiger charge is 2.30. The molecule has 1 aromatic heterocycles. The number of aliphatic carboxylic acids is 1. The molecule has 104 valence electrons. The fourth-order valence-corrected chi connectivity index (χ4v) is 2.84. The fourth-order valence-electron chi connectivity index (χ4n) is 2.84. The van der Waals surface area contributed by atoms with E-state index < -0.39 is 5.97 Å². The zero-order valence-electron chi connectivity index (χ0n) is 11.4. The molecule has 3 rings (SSSR count). The number of fused-ring (bicyclic) bond motifs is 1. The third kappa shape index (κ3) is 2.27. The molecule has 20 heavy (non-hydrogen) atoms. The van der Waals surface area contributed by atoms with Crippen molar-refractivity contribution in [3.05, 3.63) is 48.0 Å². The molecule has 1 atom stereocenters. The van der Waals surface area contributed by atoms with Gasteiger partial charge in [0.05, 0.1) is 13.0 Å². The van der Waals surface area contributed by atoms with Crippen LogP contribution in [0.2, 0.25) is 0 Å². The summed E-state index contributed by atoms with van der Waals surface area (Å²) in [5.74, 6) is 0.295. The molecule has 0 spiro atoms. The van der Waals surface area contributed by atoms with E-state index in [0.717, 1.165) is 23.6 Å².